The number of alkyl halides is 3. The summed E-state index contributed by atoms with van der Waals surface area (Å²) in [5.41, 5.74) is -0.211. The van der Waals surface area contributed by atoms with E-state index in [1.54, 1.807) is 0 Å². The molecule has 0 atom stereocenters. The lowest BCUT2D eigenvalue weighted by Gasteiger charge is -2.13. The third kappa shape index (κ3) is 4.58. The number of ether oxygens (including phenoxy) is 1. The van der Waals surface area contributed by atoms with Gasteiger partial charge in [-0.3, -0.25) is 0 Å². The molecule has 0 aromatic heterocycles. The Bertz CT molecular complexity index is 763. The number of hydrogen-bond acceptors (Lipinski definition) is 4. The molecular formula is C16H12ClF3O3S. The summed E-state index contributed by atoms with van der Waals surface area (Å²) in [4.78, 5) is 11.5. The number of hydrogen-bond donors (Lipinski definition) is 1. The third-order valence-corrected chi connectivity index (χ3v) is 4.42. The largest absolute Gasteiger partial charge is 0.508 e. The van der Waals surface area contributed by atoms with Crippen LogP contribution >= 0.6 is 23.4 Å². The van der Waals surface area contributed by atoms with Crippen molar-refractivity contribution in [2.45, 2.75) is 16.8 Å². The van der Waals surface area contributed by atoms with Gasteiger partial charge in [-0.25, -0.2) is 4.79 Å². The van der Waals surface area contributed by atoms with E-state index < -0.39 is 17.7 Å². The summed E-state index contributed by atoms with van der Waals surface area (Å²) in [6, 6.07) is 7.60. The van der Waals surface area contributed by atoms with Gasteiger partial charge in [-0.05, 0) is 42.0 Å². The van der Waals surface area contributed by atoms with Crippen molar-refractivity contribution in [3.8, 4) is 5.75 Å². The van der Waals surface area contributed by atoms with E-state index in [0.717, 1.165) is 17.8 Å². The molecule has 0 aliphatic carbocycles. The average Bonchev–Trinajstić information content (AvgIpc) is 2.51. The van der Waals surface area contributed by atoms with Gasteiger partial charge in [-0.1, -0.05) is 11.6 Å². The number of methoxy groups -OCH3 is 1. The van der Waals surface area contributed by atoms with Crippen LogP contribution in [0.15, 0.2) is 41.3 Å². The SMILES string of the molecule is COC(=O)c1cc(O)cc(CSc2ccc(Cl)cc2C(F)(F)F)c1. The van der Waals surface area contributed by atoms with Crippen LogP contribution in [-0.2, 0) is 16.7 Å². The molecule has 3 nitrogen and oxygen atoms in total. The Kier molecular flexibility index (Phi) is 5.66. The van der Waals surface area contributed by atoms with Crippen molar-refractivity contribution >= 4 is 29.3 Å². The summed E-state index contributed by atoms with van der Waals surface area (Å²) >= 11 is 6.57. The third-order valence-electron chi connectivity index (χ3n) is 3.04. The second-order valence-electron chi connectivity index (χ2n) is 4.81. The maximum Gasteiger partial charge on any atom is 0.417 e. The molecule has 0 fully saturated rings. The number of phenolic OH excluding ortho intramolecular Hbond substituents is 1. The Labute approximate surface area is 145 Å². The smallest absolute Gasteiger partial charge is 0.417 e. The van der Waals surface area contributed by atoms with Gasteiger partial charge in [-0.15, -0.1) is 11.8 Å². The van der Waals surface area contributed by atoms with Crippen LogP contribution in [0.2, 0.25) is 5.02 Å². The van der Waals surface area contributed by atoms with Crippen molar-refractivity contribution in [3.63, 3.8) is 0 Å². The lowest BCUT2D eigenvalue weighted by molar-refractivity contribution is -0.139. The van der Waals surface area contributed by atoms with Crippen LogP contribution < -0.4 is 0 Å². The number of halogens is 4. The molecule has 2 rings (SSSR count). The number of carbonyl (C=O) groups excluding carboxylic acids is 1. The first-order chi connectivity index (χ1) is 11.2. The van der Waals surface area contributed by atoms with Crippen LogP contribution in [0.5, 0.6) is 5.75 Å². The Balaban J connectivity index is 2.26. The molecule has 24 heavy (non-hydrogen) atoms. The Morgan fingerprint density at radius 3 is 2.58 bits per heavy atom. The predicted octanol–water partition coefficient (Wildman–Crippen LogP) is 5.14. The van der Waals surface area contributed by atoms with E-state index in [9.17, 15) is 23.1 Å². The fraction of sp³-hybridized carbons (Fsp3) is 0.188. The number of phenols is 1. The second-order valence-corrected chi connectivity index (χ2v) is 6.26. The molecule has 0 amide bonds. The summed E-state index contributed by atoms with van der Waals surface area (Å²) in [5, 5.41) is 9.64. The molecule has 0 saturated heterocycles. The minimum absolute atomic E-state index is 0.00277. The van der Waals surface area contributed by atoms with Crippen LogP contribution in [0.4, 0.5) is 13.2 Å². The van der Waals surface area contributed by atoms with Gasteiger partial charge in [-0.2, -0.15) is 13.2 Å². The number of carbonyl (C=O) groups is 1. The summed E-state index contributed by atoms with van der Waals surface area (Å²) in [7, 11) is 1.20. The lowest BCUT2D eigenvalue weighted by atomic mass is 10.1. The summed E-state index contributed by atoms with van der Waals surface area (Å²) < 4.78 is 43.7. The van der Waals surface area contributed by atoms with Crippen molar-refractivity contribution in [3.05, 3.63) is 58.1 Å². The maximum absolute atomic E-state index is 13.1. The minimum atomic E-state index is -4.52. The second kappa shape index (κ2) is 7.36. The highest BCUT2D eigenvalue weighted by Crippen LogP contribution is 2.39. The van der Waals surface area contributed by atoms with Crippen LogP contribution in [0.3, 0.4) is 0 Å². The first kappa shape index (κ1) is 18.5. The zero-order valence-corrected chi connectivity index (χ0v) is 13.9. The number of benzene rings is 2. The van der Waals surface area contributed by atoms with Crippen LogP contribution in [0, 0.1) is 0 Å². The average molecular weight is 377 g/mol. The van der Waals surface area contributed by atoms with Gasteiger partial charge in [0.05, 0.1) is 18.2 Å². The highest BCUT2D eigenvalue weighted by Gasteiger charge is 2.33. The Morgan fingerprint density at radius 1 is 1.25 bits per heavy atom. The Hall–Kier alpha value is -1.86. The van der Waals surface area contributed by atoms with E-state index in [4.69, 9.17) is 11.6 Å². The van der Waals surface area contributed by atoms with E-state index in [0.29, 0.717) is 5.56 Å². The normalized spacial score (nSPS) is 11.4. The van der Waals surface area contributed by atoms with Crippen LogP contribution in [-0.4, -0.2) is 18.2 Å². The number of thioether (sulfide) groups is 1. The van der Waals surface area contributed by atoms with E-state index in [-0.39, 0.29) is 27.0 Å². The van der Waals surface area contributed by atoms with Crippen molar-refractivity contribution < 1.29 is 27.8 Å². The van der Waals surface area contributed by atoms with Crippen molar-refractivity contribution in [2.75, 3.05) is 7.11 Å². The van der Waals surface area contributed by atoms with E-state index in [1.165, 1.54) is 37.4 Å². The number of rotatable bonds is 4. The predicted molar refractivity (Wildman–Crippen MR) is 85.5 cm³/mol. The summed E-state index contributed by atoms with van der Waals surface area (Å²) in [6.07, 6.45) is -4.52. The molecular weight excluding hydrogens is 365 g/mol. The summed E-state index contributed by atoms with van der Waals surface area (Å²) in [5.74, 6) is -0.677. The lowest BCUT2D eigenvalue weighted by Crippen LogP contribution is -2.07. The number of aromatic hydroxyl groups is 1. The molecule has 0 aliphatic heterocycles. The van der Waals surface area contributed by atoms with Crippen molar-refractivity contribution in [2.24, 2.45) is 0 Å². The topological polar surface area (TPSA) is 46.5 Å². The summed E-state index contributed by atoms with van der Waals surface area (Å²) in [6.45, 7) is 0. The fourth-order valence-electron chi connectivity index (χ4n) is 2.00. The fourth-order valence-corrected chi connectivity index (χ4v) is 3.16. The molecule has 1 N–H and O–H groups in total. The molecule has 2 aromatic rings. The molecule has 2 aromatic carbocycles. The van der Waals surface area contributed by atoms with E-state index in [1.807, 2.05) is 0 Å². The highest BCUT2D eigenvalue weighted by molar-refractivity contribution is 7.98. The first-order valence-corrected chi connectivity index (χ1v) is 7.98. The highest BCUT2D eigenvalue weighted by atomic mass is 35.5. The van der Waals surface area contributed by atoms with Gasteiger partial charge >= 0.3 is 12.1 Å². The Morgan fingerprint density at radius 2 is 1.96 bits per heavy atom. The quantitative estimate of drug-likeness (QED) is 0.592. The van der Waals surface area contributed by atoms with Gasteiger partial charge < -0.3 is 9.84 Å². The van der Waals surface area contributed by atoms with Crippen molar-refractivity contribution in [1.29, 1.82) is 0 Å². The van der Waals surface area contributed by atoms with Crippen molar-refractivity contribution in [1.82, 2.24) is 0 Å². The van der Waals surface area contributed by atoms with Crippen LogP contribution in [0.1, 0.15) is 21.5 Å². The molecule has 0 saturated carbocycles. The molecule has 0 heterocycles. The van der Waals surface area contributed by atoms with Gasteiger partial charge in [0.2, 0.25) is 0 Å². The van der Waals surface area contributed by atoms with E-state index >= 15 is 0 Å². The molecule has 128 valence electrons. The van der Waals surface area contributed by atoms with E-state index in [2.05, 4.69) is 4.74 Å². The molecule has 0 bridgehead atoms. The molecule has 0 unspecified atom stereocenters. The van der Waals surface area contributed by atoms with Gasteiger partial charge in [0.1, 0.15) is 5.75 Å². The molecule has 8 heteroatoms. The van der Waals surface area contributed by atoms with Crippen LogP contribution in [0.25, 0.3) is 0 Å². The monoisotopic (exact) mass is 376 g/mol. The zero-order chi connectivity index (χ0) is 17.9. The van der Waals surface area contributed by atoms with Gasteiger partial charge in [0, 0.05) is 15.7 Å². The molecule has 0 aliphatic rings. The van der Waals surface area contributed by atoms with Gasteiger partial charge in [0.15, 0.2) is 0 Å². The minimum Gasteiger partial charge on any atom is -0.508 e. The maximum atomic E-state index is 13.1. The standard InChI is InChI=1S/C16H12ClF3O3S/c1-23-15(22)10-4-9(5-12(21)6-10)8-24-14-3-2-11(17)7-13(14)16(18,19)20/h2-7,21H,8H2,1H3. The zero-order valence-electron chi connectivity index (χ0n) is 12.4. The molecule has 0 spiro atoms. The molecule has 0 radical (unpaired) electrons. The van der Waals surface area contributed by atoms with Gasteiger partial charge in [0.25, 0.3) is 0 Å². The number of esters is 1. The first-order valence-electron chi connectivity index (χ1n) is 6.61.